The van der Waals surface area contributed by atoms with Gasteiger partial charge >= 0.3 is 7.60 Å². The van der Waals surface area contributed by atoms with Crippen LogP contribution in [0.15, 0.2) is 0 Å². The Labute approximate surface area is 171 Å². The minimum Gasteiger partial charge on any atom is -1.00 e. The number of halogens is 1. The Kier molecular flexibility index (Phi) is 14.2. The smallest absolute Gasteiger partial charge is 0.331 e. The Hall–Kier alpha value is 0.500. The second kappa shape index (κ2) is 12.9. The highest BCUT2D eigenvalue weighted by atomic mass is 79.9. The first-order valence-electron chi connectivity index (χ1n) is 9.06. The van der Waals surface area contributed by atoms with Gasteiger partial charge in [0.2, 0.25) is 10.0 Å². The van der Waals surface area contributed by atoms with Crippen LogP contribution < -0.4 is 21.7 Å². The number of hydrogen-bond acceptors (Lipinski definition) is 5. The summed E-state index contributed by atoms with van der Waals surface area (Å²) in [6.45, 7) is 11.2. The van der Waals surface area contributed by atoms with Crippen molar-refractivity contribution in [2.75, 3.05) is 45.6 Å². The molecule has 0 aromatic rings. The zero-order valence-corrected chi connectivity index (χ0v) is 20.6. The van der Waals surface area contributed by atoms with Crippen molar-refractivity contribution < 1.29 is 43.5 Å². The van der Waals surface area contributed by atoms with Gasteiger partial charge in [0, 0.05) is 19.4 Å². The summed E-state index contributed by atoms with van der Waals surface area (Å²) in [6, 6.07) is 0. The highest BCUT2D eigenvalue weighted by molar-refractivity contribution is 7.89. The highest BCUT2D eigenvalue weighted by Gasteiger charge is 2.28. The molecule has 0 aromatic carbocycles. The summed E-state index contributed by atoms with van der Waals surface area (Å²) in [6.07, 6.45) is 1.60. The van der Waals surface area contributed by atoms with Gasteiger partial charge in [-0.05, 0) is 34.6 Å². The van der Waals surface area contributed by atoms with E-state index in [1.807, 2.05) is 27.7 Å². The average Bonchev–Trinajstić information content (AvgIpc) is 2.41. The van der Waals surface area contributed by atoms with Crippen molar-refractivity contribution in [1.82, 2.24) is 4.72 Å². The van der Waals surface area contributed by atoms with Gasteiger partial charge in [0.05, 0.1) is 51.3 Å². The number of nitrogens with one attached hydrogen (secondary N) is 1. The average molecular weight is 481 g/mol. The molecule has 0 heterocycles. The van der Waals surface area contributed by atoms with Crippen molar-refractivity contribution in [1.29, 1.82) is 0 Å². The normalized spacial score (nSPS) is 13.3. The maximum Gasteiger partial charge on any atom is 0.331 e. The molecule has 0 radical (unpaired) electrons. The molecule has 0 aromatic heterocycles. The molecule has 0 amide bonds. The zero-order chi connectivity index (χ0) is 19.7. The molecule has 0 atom stereocenters. The molecule has 1 N–H and O–H groups in total. The third-order valence-electron chi connectivity index (χ3n) is 3.58. The fourth-order valence-electron chi connectivity index (χ4n) is 2.41. The summed E-state index contributed by atoms with van der Waals surface area (Å²) in [5.41, 5.74) is 0. The van der Waals surface area contributed by atoms with E-state index in [0.717, 1.165) is 30.4 Å². The molecule has 0 aliphatic heterocycles. The molecule has 160 valence electrons. The quantitative estimate of drug-likeness (QED) is 0.212. The standard InChI is InChI=1S/C16H38N2O5PS.BrH/c1-8-25(20,21)17-11-9-12-18(6,7)13-10-14-24(19,22-15(2)3)23-16(4)5;/h15-17H,8-14H2,1-7H3;1H/q+1;/p-1. The van der Waals surface area contributed by atoms with Crippen LogP contribution in [0, 0.1) is 0 Å². The highest BCUT2D eigenvalue weighted by Crippen LogP contribution is 2.50. The summed E-state index contributed by atoms with van der Waals surface area (Å²) in [5.74, 6) is 0.103. The minimum atomic E-state index is -3.12. The molecule has 0 saturated heterocycles. The van der Waals surface area contributed by atoms with Crippen LogP contribution in [-0.4, -0.2) is 70.8 Å². The molecule has 0 rings (SSSR count). The van der Waals surface area contributed by atoms with Crippen LogP contribution in [0.3, 0.4) is 0 Å². The van der Waals surface area contributed by atoms with E-state index >= 15 is 0 Å². The Morgan fingerprint density at radius 2 is 1.46 bits per heavy atom. The van der Waals surface area contributed by atoms with Gasteiger partial charge in [0.25, 0.3) is 0 Å². The van der Waals surface area contributed by atoms with E-state index in [4.69, 9.17) is 9.05 Å². The van der Waals surface area contributed by atoms with Crippen LogP contribution in [-0.2, 0) is 23.6 Å². The lowest BCUT2D eigenvalue weighted by Gasteiger charge is -2.31. The summed E-state index contributed by atoms with van der Waals surface area (Å²) in [4.78, 5) is 0. The number of sulfonamides is 1. The van der Waals surface area contributed by atoms with E-state index in [1.54, 1.807) is 6.92 Å². The largest absolute Gasteiger partial charge is 1.00 e. The Balaban J connectivity index is 0. The summed E-state index contributed by atoms with van der Waals surface area (Å²) in [7, 11) is -2.02. The second-order valence-electron chi connectivity index (χ2n) is 7.53. The summed E-state index contributed by atoms with van der Waals surface area (Å²) in [5, 5.41) is 0. The maximum atomic E-state index is 12.8. The SMILES string of the molecule is CCS(=O)(=O)NCCC[N+](C)(C)CCCP(=O)(OC(C)C)OC(C)C.[Br-]. The van der Waals surface area contributed by atoms with E-state index < -0.39 is 17.6 Å². The summed E-state index contributed by atoms with van der Waals surface area (Å²) >= 11 is 0. The minimum absolute atomic E-state index is 0. The molecule has 0 bridgehead atoms. The van der Waals surface area contributed by atoms with Crippen molar-refractivity contribution >= 4 is 17.6 Å². The van der Waals surface area contributed by atoms with E-state index in [0.29, 0.717) is 12.7 Å². The Morgan fingerprint density at radius 3 is 1.88 bits per heavy atom. The number of hydrogen-bond donors (Lipinski definition) is 1. The third kappa shape index (κ3) is 14.5. The number of rotatable bonds is 14. The van der Waals surface area contributed by atoms with Crippen LogP contribution >= 0.6 is 7.60 Å². The van der Waals surface area contributed by atoms with Crippen LogP contribution in [0.25, 0.3) is 0 Å². The lowest BCUT2D eigenvalue weighted by Crippen LogP contribution is -3.00. The van der Waals surface area contributed by atoms with Gasteiger partial charge in [-0.25, -0.2) is 13.1 Å². The van der Waals surface area contributed by atoms with Gasteiger partial charge in [-0.1, -0.05) is 0 Å². The fraction of sp³-hybridized carbons (Fsp3) is 1.00. The van der Waals surface area contributed by atoms with E-state index in [-0.39, 0.29) is 34.9 Å². The van der Waals surface area contributed by atoms with Crippen LogP contribution in [0.1, 0.15) is 47.5 Å². The molecule has 0 aliphatic rings. The molecular weight excluding hydrogens is 443 g/mol. The van der Waals surface area contributed by atoms with Crippen molar-refractivity contribution in [3.63, 3.8) is 0 Å². The van der Waals surface area contributed by atoms with Gasteiger partial charge in [-0.3, -0.25) is 4.57 Å². The molecule has 7 nitrogen and oxygen atoms in total. The lowest BCUT2D eigenvalue weighted by molar-refractivity contribution is -0.890. The molecule has 0 unspecified atom stereocenters. The zero-order valence-electron chi connectivity index (χ0n) is 17.3. The van der Waals surface area contributed by atoms with E-state index in [9.17, 15) is 13.0 Å². The number of quaternary nitrogens is 1. The van der Waals surface area contributed by atoms with Crippen molar-refractivity contribution in [2.45, 2.75) is 59.7 Å². The molecular formula is C16H38BrN2O5PS. The van der Waals surface area contributed by atoms with Crippen molar-refractivity contribution in [3.05, 3.63) is 0 Å². The van der Waals surface area contributed by atoms with Crippen LogP contribution in [0.4, 0.5) is 0 Å². The third-order valence-corrected chi connectivity index (χ3v) is 7.33. The van der Waals surface area contributed by atoms with Crippen LogP contribution in [0.5, 0.6) is 0 Å². The van der Waals surface area contributed by atoms with Crippen molar-refractivity contribution in [2.24, 2.45) is 0 Å². The van der Waals surface area contributed by atoms with Gasteiger partial charge in [0.1, 0.15) is 0 Å². The second-order valence-corrected chi connectivity index (χ2v) is 11.7. The fourth-order valence-corrected chi connectivity index (χ4v) is 5.15. The van der Waals surface area contributed by atoms with Crippen LogP contribution in [0.2, 0.25) is 0 Å². The molecule has 0 aliphatic carbocycles. The Morgan fingerprint density at radius 1 is 1.00 bits per heavy atom. The summed E-state index contributed by atoms with van der Waals surface area (Å²) < 4.78 is 50.0. The van der Waals surface area contributed by atoms with Gasteiger partial charge < -0.3 is 30.5 Å². The van der Waals surface area contributed by atoms with Gasteiger partial charge in [0.15, 0.2) is 0 Å². The topological polar surface area (TPSA) is 81.7 Å². The Bertz CT molecular complexity index is 513. The molecule has 0 spiro atoms. The lowest BCUT2D eigenvalue weighted by atomic mass is 10.3. The monoisotopic (exact) mass is 480 g/mol. The molecule has 0 fully saturated rings. The van der Waals surface area contributed by atoms with E-state index in [1.165, 1.54) is 0 Å². The predicted octanol–water partition coefficient (Wildman–Crippen LogP) is -0.171. The van der Waals surface area contributed by atoms with Gasteiger partial charge in [-0.15, -0.1) is 0 Å². The predicted molar refractivity (Wildman–Crippen MR) is 103 cm³/mol. The maximum absolute atomic E-state index is 12.8. The first-order chi connectivity index (χ1) is 11.3. The number of nitrogens with zero attached hydrogens (tertiary/aromatic N) is 1. The van der Waals surface area contributed by atoms with E-state index in [2.05, 4.69) is 18.8 Å². The molecule has 10 heteroatoms. The van der Waals surface area contributed by atoms with Gasteiger partial charge in [-0.2, -0.15) is 0 Å². The van der Waals surface area contributed by atoms with Crippen molar-refractivity contribution in [3.8, 4) is 0 Å². The molecule has 26 heavy (non-hydrogen) atoms. The molecule has 0 saturated carbocycles. The first kappa shape index (κ1) is 28.7. The first-order valence-corrected chi connectivity index (χ1v) is 12.4.